The van der Waals surface area contributed by atoms with Gasteiger partial charge in [0.15, 0.2) is 6.29 Å². The Hall–Kier alpha value is -1.31. The molecular formula is C15H22O2. The van der Waals surface area contributed by atoms with E-state index < -0.39 is 0 Å². The minimum Gasteiger partial charge on any atom is -0.507 e. The Bertz CT molecular complexity index is 411. The molecule has 1 aromatic rings. The van der Waals surface area contributed by atoms with Gasteiger partial charge in [-0.1, -0.05) is 40.7 Å². The van der Waals surface area contributed by atoms with Gasteiger partial charge in [0.2, 0.25) is 0 Å². The zero-order valence-corrected chi connectivity index (χ0v) is 11.4. The van der Waals surface area contributed by atoms with Gasteiger partial charge in [0.05, 0.1) is 5.56 Å². The van der Waals surface area contributed by atoms with Gasteiger partial charge in [0.25, 0.3) is 0 Å². The third-order valence-corrected chi connectivity index (χ3v) is 2.91. The molecule has 0 heterocycles. The van der Waals surface area contributed by atoms with Gasteiger partial charge in [0, 0.05) is 0 Å². The van der Waals surface area contributed by atoms with Crippen LogP contribution >= 0.6 is 0 Å². The minimum atomic E-state index is -0.0102. The molecule has 0 unspecified atom stereocenters. The summed E-state index contributed by atoms with van der Waals surface area (Å²) in [6, 6.07) is 5.28. The maximum absolute atomic E-state index is 10.8. The van der Waals surface area contributed by atoms with E-state index in [9.17, 15) is 9.90 Å². The van der Waals surface area contributed by atoms with Gasteiger partial charge in [-0.05, 0) is 34.9 Å². The van der Waals surface area contributed by atoms with Crippen LogP contribution in [0.4, 0.5) is 0 Å². The average molecular weight is 234 g/mol. The molecule has 94 valence electrons. The third-order valence-electron chi connectivity index (χ3n) is 2.91. The number of carbonyl (C=O) groups is 1. The zero-order valence-electron chi connectivity index (χ0n) is 11.4. The van der Waals surface area contributed by atoms with E-state index in [1.807, 2.05) is 6.07 Å². The lowest BCUT2D eigenvalue weighted by atomic mass is 9.72. The van der Waals surface area contributed by atoms with Crippen molar-refractivity contribution in [1.29, 1.82) is 0 Å². The van der Waals surface area contributed by atoms with Crippen LogP contribution in [0, 0.1) is 5.41 Å². The number of benzene rings is 1. The Balaban J connectivity index is 3.11. The Kier molecular flexibility index (Phi) is 3.65. The van der Waals surface area contributed by atoms with Crippen molar-refractivity contribution < 1.29 is 9.90 Å². The Labute approximate surface area is 104 Å². The van der Waals surface area contributed by atoms with Crippen LogP contribution in [0.5, 0.6) is 5.75 Å². The molecular weight excluding hydrogens is 212 g/mol. The number of aldehydes is 1. The van der Waals surface area contributed by atoms with Crippen molar-refractivity contribution in [3.8, 4) is 5.75 Å². The second kappa shape index (κ2) is 4.52. The fourth-order valence-electron chi connectivity index (χ4n) is 2.50. The van der Waals surface area contributed by atoms with Crippen molar-refractivity contribution in [2.45, 2.75) is 46.5 Å². The molecule has 2 nitrogen and oxygen atoms in total. The molecule has 0 amide bonds. The van der Waals surface area contributed by atoms with Crippen molar-refractivity contribution >= 4 is 6.29 Å². The quantitative estimate of drug-likeness (QED) is 0.805. The van der Waals surface area contributed by atoms with E-state index >= 15 is 0 Å². The Morgan fingerprint density at radius 1 is 1.18 bits per heavy atom. The summed E-state index contributed by atoms with van der Waals surface area (Å²) in [6.45, 7) is 10.9. The summed E-state index contributed by atoms with van der Waals surface area (Å²) in [5, 5.41) is 9.50. The fraction of sp³-hybridized carbons (Fsp3) is 0.533. The van der Waals surface area contributed by atoms with Crippen molar-refractivity contribution in [3.63, 3.8) is 0 Å². The van der Waals surface area contributed by atoms with E-state index in [2.05, 4.69) is 34.6 Å². The first-order valence-corrected chi connectivity index (χ1v) is 5.94. The van der Waals surface area contributed by atoms with Crippen LogP contribution in [0.15, 0.2) is 18.2 Å². The van der Waals surface area contributed by atoms with Gasteiger partial charge >= 0.3 is 0 Å². The van der Waals surface area contributed by atoms with E-state index in [0.29, 0.717) is 11.8 Å². The first-order valence-electron chi connectivity index (χ1n) is 5.94. The number of hydrogen-bond acceptors (Lipinski definition) is 2. The van der Waals surface area contributed by atoms with E-state index in [1.165, 1.54) is 0 Å². The topological polar surface area (TPSA) is 37.3 Å². The number of hydrogen-bond donors (Lipinski definition) is 1. The molecule has 0 bridgehead atoms. The van der Waals surface area contributed by atoms with Crippen LogP contribution in [0.1, 0.15) is 57.0 Å². The van der Waals surface area contributed by atoms with Crippen molar-refractivity contribution in [2.24, 2.45) is 5.41 Å². The number of phenols is 1. The lowest BCUT2D eigenvalue weighted by Crippen LogP contribution is -2.24. The highest BCUT2D eigenvalue weighted by Gasteiger charge is 2.27. The smallest absolute Gasteiger partial charge is 0.153 e. The lowest BCUT2D eigenvalue weighted by molar-refractivity contribution is 0.112. The van der Waals surface area contributed by atoms with Gasteiger partial charge in [-0.15, -0.1) is 0 Å². The molecule has 17 heavy (non-hydrogen) atoms. The Morgan fingerprint density at radius 3 is 2.24 bits per heavy atom. The maximum atomic E-state index is 10.8. The summed E-state index contributed by atoms with van der Waals surface area (Å²) >= 11 is 0. The van der Waals surface area contributed by atoms with Crippen molar-refractivity contribution in [2.75, 3.05) is 0 Å². The van der Waals surface area contributed by atoms with Crippen molar-refractivity contribution in [1.82, 2.24) is 0 Å². The first kappa shape index (κ1) is 13.8. The molecule has 1 N–H and O–H groups in total. The van der Waals surface area contributed by atoms with Crippen LogP contribution in [0.2, 0.25) is 0 Å². The summed E-state index contributed by atoms with van der Waals surface area (Å²) in [5.74, 6) is 0.0512. The van der Waals surface area contributed by atoms with E-state index in [4.69, 9.17) is 0 Å². The summed E-state index contributed by atoms with van der Waals surface area (Å²) in [7, 11) is 0. The molecule has 0 fully saturated rings. The summed E-state index contributed by atoms with van der Waals surface area (Å²) < 4.78 is 0. The molecule has 0 radical (unpaired) electrons. The summed E-state index contributed by atoms with van der Waals surface area (Å²) in [5.41, 5.74) is 1.67. The molecule has 0 saturated carbocycles. The van der Waals surface area contributed by atoms with Crippen LogP contribution in [0.3, 0.4) is 0 Å². The number of phenolic OH excluding ortho intramolecular Hbond substituents is 1. The van der Waals surface area contributed by atoms with Gasteiger partial charge in [-0.25, -0.2) is 0 Å². The average Bonchev–Trinajstić information content (AvgIpc) is 2.14. The van der Waals surface area contributed by atoms with Crippen LogP contribution < -0.4 is 0 Å². The summed E-state index contributed by atoms with van der Waals surface area (Å²) in [6.07, 6.45) is 1.72. The highest BCUT2D eigenvalue weighted by molar-refractivity contribution is 5.79. The van der Waals surface area contributed by atoms with Gasteiger partial charge < -0.3 is 5.11 Å². The monoisotopic (exact) mass is 234 g/mol. The van der Waals surface area contributed by atoms with Gasteiger partial charge in [0.1, 0.15) is 5.75 Å². The van der Waals surface area contributed by atoms with E-state index in [0.717, 1.165) is 12.0 Å². The number of rotatable bonds is 3. The van der Waals surface area contributed by atoms with E-state index in [-0.39, 0.29) is 16.6 Å². The van der Waals surface area contributed by atoms with Crippen LogP contribution in [-0.2, 0) is 5.41 Å². The molecule has 2 heteroatoms. The second-order valence-corrected chi connectivity index (χ2v) is 6.51. The SMILES string of the molecule is CC(C)(C)CC(C)(C)c1ccc(O)c(C=O)c1. The number of aromatic hydroxyl groups is 1. The predicted molar refractivity (Wildman–Crippen MR) is 70.6 cm³/mol. The minimum absolute atomic E-state index is 0.0102. The molecule has 0 aliphatic carbocycles. The number of carbonyl (C=O) groups excluding carboxylic acids is 1. The normalized spacial score (nSPS) is 12.5. The molecule has 1 aromatic carbocycles. The fourth-order valence-corrected chi connectivity index (χ4v) is 2.50. The van der Waals surface area contributed by atoms with Gasteiger partial charge in [-0.2, -0.15) is 0 Å². The highest BCUT2D eigenvalue weighted by atomic mass is 16.3. The molecule has 0 aliphatic heterocycles. The van der Waals surface area contributed by atoms with Crippen LogP contribution in [0.25, 0.3) is 0 Å². The third kappa shape index (κ3) is 3.58. The van der Waals surface area contributed by atoms with Crippen LogP contribution in [-0.4, -0.2) is 11.4 Å². The second-order valence-electron chi connectivity index (χ2n) is 6.51. The first-order chi connectivity index (χ1) is 7.65. The highest BCUT2D eigenvalue weighted by Crippen LogP contribution is 2.37. The van der Waals surface area contributed by atoms with Crippen molar-refractivity contribution in [3.05, 3.63) is 29.3 Å². The van der Waals surface area contributed by atoms with Gasteiger partial charge in [-0.3, -0.25) is 4.79 Å². The molecule has 0 aliphatic rings. The lowest BCUT2D eigenvalue weighted by Gasteiger charge is -2.33. The largest absolute Gasteiger partial charge is 0.507 e. The predicted octanol–water partition coefficient (Wildman–Crippen LogP) is 3.92. The van der Waals surface area contributed by atoms with E-state index in [1.54, 1.807) is 12.1 Å². The molecule has 1 rings (SSSR count). The molecule has 0 atom stereocenters. The molecule has 0 saturated heterocycles. The maximum Gasteiger partial charge on any atom is 0.153 e. The molecule has 0 spiro atoms. The Morgan fingerprint density at radius 2 is 1.76 bits per heavy atom. The summed E-state index contributed by atoms with van der Waals surface area (Å²) in [4.78, 5) is 10.8. The molecule has 0 aromatic heterocycles. The zero-order chi connectivity index (χ0) is 13.3. The standard InChI is InChI=1S/C15H22O2/c1-14(2,3)10-15(4,5)12-6-7-13(17)11(8-12)9-16/h6-9,17H,10H2,1-5H3.